The number of hydrogen-bond acceptors (Lipinski definition) is 4. The van der Waals surface area contributed by atoms with E-state index in [-0.39, 0.29) is 18.5 Å². The van der Waals surface area contributed by atoms with Crippen molar-refractivity contribution >= 4 is 11.8 Å². The third-order valence-corrected chi connectivity index (χ3v) is 4.63. The van der Waals surface area contributed by atoms with Crippen molar-refractivity contribution in [3.05, 3.63) is 58.9 Å². The van der Waals surface area contributed by atoms with Gasteiger partial charge in [0.15, 0.2) is 6.61 Å². The van der Waals surface area contributed by atoms with Crippen molar-refractivity contribution in [1.29, 1.82) is 0 Å². The van der Waals surface area contributed by atoms with Crippen molar-refractivity contribution in [3.63, 3.8) is 0 Å². The van der Waals surface area contributed by atoms with Crippen LogP contribution in [0.2, 0.25) is 0 Å². The van der Waals surface area contributed by atoms with E-state index >= 15 is 0 Å². The summed E-state index contributed by atoms with van der Waals surface area (Å²) >= 11 is 0. The summed E-state index contributed by atoms with van der Waals surface area (Å²) in [5, 5.41) is 0. The summed E-state index contributed by atoms with van der Waals surface area (Å²) < 4.78 is 13.0. The largest absolute Gasteiger partial charge is 0.454 e. The van der Waals surface area contributed by atoms with Gasteiger partial charge in [0.2, 0.25) is 5.78 Å². The average Bonchev–Trinajstić information content (AvgIpc) is 3.24. The lowest BCUT2D eigenvalue weighted by Crippen LogP contribution is -2.18. The molecule has 2 heterocycles. The van der Waals surface area contributed by atoms with Crippen LogP contribution < -0.4 is 0 Å². The summed E-state index contributed by atoms with van der Waals surface area (Å²) in [6.07, 6.45) is 2.35. The maximum Gasteiger partial charge on any atom is 0.338 e. The molecule has 1 aliphatic heterocycles. The molecule has 132 valence electrons. The van der Waals surface area contributed by atoms with Crippen LogP contribution in [0.4, 0.5) is 0 Å². The van der Waals surface area contributed by atoms with E-state index in [1.807, 2.05) is 26.0 Å². The Morgan fingerprint density at radius 3 is 2.68 bits per heavy atom. The Balaban J connectivity index is 1.65. The Morgan fingerprint density at radius 2 is 2.00 bits per heavy atom. The van der Waals surface area contributed by atoms with Crippen LogP contribution in [0.15, 0.2) is 36.4 Å². The maximum atomic E-state index is 12.5. The van der Waals surface area contributed by atoms with E-state index in [4.69, 9.17) is 9.47 Å². The standard InChI is InChI=1S/C20H23NO4/c1-14-11-18(15(2)21(14)12-17-9-6-10-24-17)19(22)13-25-20(23)16-7-4-3-5-8-16/h3-5,7-8,11,17H,6,9-10,12-13H2,1-2H3/t17-/m1/s1. The smallest absolute Gasteiger partial charge is 0.338 e. The molecule has 2 aromatic rings. The van der Waals surface area contributed by atoms with Gasteiger partial charge in [0.05, 0.1) is 11.7 Å². The molecule has 1 fully saturated rings. The molecular weight excluding hydrogens is 318 g/mol. The minimum atomic E-state index is -0.484. The van der Waals surface area contributed by atoms with Crippen molar-refractivity contribution in [2.75, 3.05) is 13.2 Å². The van der Waals surface area contributed by atoms with Crippen LogP contribution in [0.1, 0.15) is 44.9 Å². The van der Waals surface area contributed by atoms with E-state index in [1.165, 1.54) is 0 Å². The van der Waals surface area contributed by atoms with E-state index in [0.717, 1.165) is 37.4 Å². The Labute approximate surface area is 147 Å². The first-order valence-electron chi connectivity index (χ1n) is 8.60. The number of ether oxygens (including phenoxy) is 2. The van der Waals surface area contributed by atoms with E-state index < -0.39 is 5.97 Å². The molecule has 0 radical (unpaired) electrons. The van der Waals surface area contributed by atoms with Gasteiger partial charge in [0.1, 0.15) is 0 Å². The van der Waals surface area contributed by atoms with Crippen molar-refractivity contribution in [2.24, 2.45) is 0 Å². The second-order valence-electron chi connectivity index (χ2n) is 6.40. The summed E-state index contributed by atoms with van der Waals surface area (Å²) in [7, 11) is 0. The van der Waals surface area contributed by atoms with Crippen LogP contribution in [0.5, 0.6) is 0 Å². The zero-order chi connectivity index (χ0) is 17.8. The minimum Gasteiger partial charge on any atom is -0.454 e. The van der Waals surface area contributed by atoms with Gasteiger partial charge >= 0.3 is 5.97 Å². The fourth-order valence-electron chi connectivity index (χ4n) is 3.22. The second kappa shape index (κ2) is 7.66. The van der Waals surface area contributed by atoms with E-state index in [0.29, 0.717) is 11.1 Å². The molecule has 1 aliphatic rings. The Bertz CT molecular complexity index is 758. The lowest BCUT2D eigenvalue weighted by molar-refractivity contribution is 0.0474. The summed E-state index contributed by atoms with van der Waals surface area (Å²) in [6.45, 7) is 5.22. The third-order valence-electron chi connectivity index (χ3n) is 4.63. The highest BCUT2D eigenvalue weighted by Gasteiger charge is 2.21. The number of nitrogens with zero attached hydrogens (tertiary/aromatic N) is 1. The van der Waals surface area contributed by atoms with Crippen LogP contribution in [-0.4, -0.2) is 35.6 Å². The summed E-state index contributed by atoms with van der Waals surface area (Å²) in [6, 6.07) is 10.5. The lowest BCUT2D eigenvalue weighted by Gasteiger charge is -2.14. The van der Waals surface area contributed by atoms with Gasteiger partial charge in [-0.05, 0) is 44.9 Å². The summed E-state index contributed by atoms with van der Waals surface area (Å²) in [5.74, 6) is -0.668. The van der Waals surface area contributed by atoms with Crippen LogP contribution in [-0.2, 0) is 16.0 Å². The minimum absolute atomic E-state index is 0.184. The fraction of sp³-hybridized carbons (Fsp3) is 0.400. The molecule has 0 aliphatic carbocycles. The molecule has 0 bridgehead atoms. The molecule has 1 atom stereocenters. The molecule has 1 aromatic heterocycles. The van der Waals surface area contributed by atoms with Crippen molar-refractivity contribution in [3.8, 4) is 0 Å². The van der Waals surface area contributed by atoms with Crippen molar-refractivity contribution < 1.29 is 19.1 Å². The van der Waals surface area contributed by atoms with Gasteiger partial charge in [0, 0.05) is 30.1 Å². The zero-order valence-electron chi connectivity index (χ0n) is 14.7. The Morgan fingerprint density at radius 1 is 1.24 bits per heavy atom. The average molecular weight is 341 g/mol. The highest BCUT2D eigenvalue weighted by molar-refractivity contribution is 6.00. The number of hydrogen-bond donors (Lipinski definition) is 0. The predicted octanol–water partition coefficient (Wildman–Crippen LogP) is 3.32. The molecular formula is C20H23NO4. The number of esters is 1. The molecule has 0 spiro atoms. The van der Waals surface area contributed by atoms with Crippen LogP contribution in [0.25, 0.3) is 0 Å². The highest BCUT2D eigenvalue weighted by atomic mass is 16.5. The molecule has 3 rings (SSSR count). The molecule has 0 amide bonds. The van der Waals surface area contributed by atoms with E-state index in [9.17, 15) is 9.59 Å². The van der Waals surface area contributed by atoms with Crippen LogP contribution >= 0.6 is 0 Å². The molecule has 1 aromatic carbocycles. The van der Waals surface area contributed by atoms with Crippen molar-refractivity contribution in [2.45, 2.75) is 39.3 Å². The summed E-state index contributed by atoms with van der Waals surface area (Å²) in [4.78, 5) is 24.5. The first kappa shape index (κ1) is 17.4. The van der Waals surface area contributed by atoms with Gasteiger partial charge in [0.25, 0.3) is 0 Å². The molecule has 5 heteroatoms. The van der Waals surface area contributed by atoms with Gasteiger partial charge < -0.3 is 14.0 Å². The quantitative estimate of drug-likeness (QED) is 0.597. The number of Topliss-reactive ketones (excluding diaryl/α,β-unsaturated/α-hetero) is 1. The SMILES string of the molecule is Cc1cc(C(=O)COC(=O)c2ccccc2)c(C)n1C[C@H]1CCCO1. The zero-order valence-corrected chi connectivity index (χ0v) is 14.7. The van der Waals surface area contributed by atoms with Crippen LogP contribution in [0, 0.1) is 13.8 Å². The number of aromatic nitrogens is 1. The first-order valence-corrected chi connectivity index (χ1v) is 8.60. The number of rotatable bonds is 6. The Kier molecular flexibility index (Phi) is 5.34. The predicted molar refractivity (Wildman–Crippen MR) is 93.9 cm³/mol. The van der Waals surface area contributed by atoms with Gasteiger partial charge in [-0.25, -0.2) is 4.79 Å². The summed E-state index contributed by atoms with van der Waals surface area (Å²) in [5.41, 5.74) is 2.97. The topological polar surface area (TPSA) is 57.5 Å². The fourth-order valence-corrected chi connectivity index (χ4v) is 3.22. The second-order valence-corrected chi connectivity index (χ2v) is 6.40. The van der Waals surface area contributed by atoms with Gasteiger partial charge in [-0.2, -0.15) is 0 Å². The highest BCUT2D eigenvalue weighted by Crippen LogP contribution is 2.20. The number of aryl methyl sites for hydroxylation is 1. The van der Waals surface area contributed by atoms with Gasteiger partial charge in [-0.15, -0.1) is 0 Å². The molecule has 25 heavy (non-hydrogen) atoms. The monoisotopic (exact) mass is 341 g/mol. The number of carbonyl (C=O) groups is 2. The molecule has 1 saturated heterocycles. The number of benzene rings is 1. The number of carbonyl (C=O) groups excluding carboxylic acids is 2. The van der Waals surface area contributed by atoms with Gasteiger partial charge in [-0.1, -0.05) is 18.2 Å². The molecule has 0 N–H and O–H groups in total. The molecule has 0 unspecified atom stereocenters. The van der Waals surface area contributed by atoms with E-state index in [2.05, 4.69) is 4.57 Å². The molecule has 0 saturated carbocycles. The van der Waals surface area contributed by atoms with Crippen LogP contribution in [0.3, 0.4) is 0 Å². The first-order chi connectivity index (χ1) is 12.1. The van der Waals surface area contributed by atoms with Gasteiger partial charge in [-0.3, -0.25) is 4.79 Å². The normalized spacial score (nSPS) is 16.8. The molecule has 5 nitrogen and oxygen atoms in total. The number of ketones is 1. The lowest BCUT2D eigenvalue weighted by atomic mass is 10.1. The maximum absolute atomic E-state index is 12.5. The third kappa shape index (κ3) is 3.99. The van der Waals surface area contributed by atoms with Crippen molar-refractivity contribution in [1.82, 2.24) is 4.57 Å². The Hall–Kier alpha value is -2.40. The van der Waals surface area contributed by atoms with E-state index in [1.54, 1.807) is 24.3 Å².